The Labute approximate surface area is 125 Å². The van der Waals surface area contributed by atoms with Crippen molar-refractivity contribution < 1.29 is 4.74 Å². The molecule has 0 bridgehead atoms. The molecule has 0 unspecified atom stereocenters. The van der Waals surface area contributed by atoms with Gasteiger partial charge >= 0.3 is 0 Å². The maximum atomic E-state index is 5.05. The molecule has 5 heteroatoms. The topological polar surface area (TPSA) is 54.0 Å². The molecule has 0 atom stereocenters. The van der Waals surface area contributed by atoms with Gasteiger partial charge in [0.05, 0.1) is 6.61 Å². The third kappa shape index (κ3) is 3.42. The molecule has 0 saturated carbocycles. The molecule has 1 fully saturated rings. The average Bonchev–Trinajstić information content (AvgIpc) is 3.03. The quantitative estimate of drug-likeness (QED) is 0.918. The molecule has 2 aromatic rings. The van der Waals surface area contributed by atoms with Gasteiger partial charge in [0.2, 0.25) is 0 Å². The highest BCUT2D eigenvalue weighted by Crippen LogP contribution is 2.23. The first-order valence-electron chi connectivity index (χ1n) is 7.62. The summed E-state index contributed by atoms with van der Waals surface area (Å²) in [6, 6.07) is 8.55. The van der Waals surface area contributed by atoms with Crippen LogP contribution in [0, 0.1) is 0 Å². The Morgan fingerprint density at radius 1 is 1.14 bits per heavy atom. The number of nitrogens with one attached hydrogen (secondary N) is 1. The van der Waals surface area contributed by atoms with E-state index in [-0.39, 0.29) is 0 Å². The second-order valence-electron chi connectivity index (χ2n) is 5.44. The smallest absolute Gasteiger partial charge is 0.181 e. The van der Waals surface area contributed by atoms with E-state index in [0.717, 1.165) is 23.6 Å². The number of anilines is 1. The van der Waals surface area contributed by atoms with Crippen LogP contribution in [0.15, 0.2) is 24.3 Å². The highest BCUT2D eigenvalue weighted by Gasteiger charge is 2.11. The Balaban J connectivity index is 1.69. The molecule has 3 rings (SSSR count). The molecule has 1 aromatic heterocycles. The van der Waals surface area contributed by atoms with Gasteiger partial charge in [-0.15, -0.1) is 0 Å². The average molecular weight is 286 g/mol. The van der Waals surface area contributed by atoms with Crippen molar-refractivity contribution in [2.45, 2.75) is 25.7 Å². The number of aromatic amines is 1. The van der Waals surface area contributed by atoms with E-state index in [1.807, 2.05) is 0 Å². The monoisotopic (exact) mass is 286 g/mol. The van der Waals surface area contributed by atoms with Crippen LogP contribution in [0.5, 0.6) is 0 Å². The van der Waals surface area contributed by atoms with E-state index >= 15 is 0 Å². The zero-order chi connectivity index (χ0) is 14.5. The van der Waals surface area contributed by atoms with Crippen LogP contribution in [0.25, 0.3) is 11.4 Å². The van der Waals surface area contributed by atoms with Gasteiger partial charge < -0.3 is 9.64 Å². The normalized spacial score (nSPS) is 15.4. The number of aromatic nitrogens is 3. The molecule has 0 aliphatic carbocycles. The van der Waals surface area contributed by atoms with Crippen LogP contribution in [-0.2, 0) is 11.2 Å². The molecule has 1 aliphatic heterocycles. The Morgan fingerprint density at radius 3 is 2.62 bits per heavy atom. The van der Waals surface area contributed by atoms with E-state index in [9.17, 15) is 0 Å². The fourth-order valence-corrected chi connectivity index (χ4v) is 2.71. The zero-order valence-electron chi connectivity index (χ0n) is 12.5. The van der Waals surface area contributed by atoms with Crippen LogP contribution in [0.3, 0.4) is 0 Å². The van der Waals surface area contributed by atoms with Crippen molar-refractivity contribution >= 4 is 5.69 Å². The maximum Gasteiger partial charge on any atom is 0.181 e. The predicted molar refractivity (Wildman–Crippen MR) is 83.5 cm³/mol. The summed E-state index contributed by atoms with van der Waals surface area (Å²) in [4.78, 5) is 6.95. The summed E-state index contributed by atoms with van der Waals surface area (Å²) in [5.74, 6) is 1.62. The molecule has 0 spiro atoms. The number of nitrogens with zero attached hydrogens (tertiary/aromatic N) is 3. The van der Waals surface area contributed by atoms with Crippen molar-refractivity contribution in [3.63, 3.8) is 0 Å². The first kappa shape index (κ1) is 14.1. The van der Waals surface area contributed by atoms with Crippen molar-refractivity contribution in [2.75, 3.05) is 31.7 Å². The van der Waals surface area contributed by atoms with Gasteiger partial charge in [-0.25, -0.2) is 4.98 Å². The van der Waals surface area contributed by atoms with E-state index in [1.165, 1.54) is 38.0 Å². The number of hydrogen-bond donors (Lipinski definition) is 1. The van der Waals surface area contributed by atoms with Gasteiger partial charge in [0.25, 0.3) is 0 Å². The lowest BCUT2D eigenvalue weighted by Crippen LogP contribution is -2.29. The first-order valence-corrected chi connectivity index (χ1v) is 7.62. The predicted octanol–water partition coefficient (Wildman–Crippen LogP) is 2.65. The fourth-order valence-electron chi connectivity index (χ4n) is 2.71. The second-order valence-corrected chi connectivity index (χ2v) is 5.44. The van der Waals surface area contributed by atoms with Crippen LogP contribution in [0.4, 0.5) is 5.69 Å². The van der Waals surface area contributed by atoms with E-state index in [0.29, 0.717) is 6.61 Å². The van der Waals surface area contributed by atoms with Crippen molar-refractivity contribution in [2.24, 2.45) is 0 Å². The molecule has 1 saturated heterocycles. The Hall–Kier alpha value is -1.88. The van der Waals surface area contributed by atoms with Crippen LogP contribution in [-0.4, -0.2) is 42.0 Å². The van der Waals surface area contributed by atoms with Crippen molar-refractivity contribution in [3.8, 4) is 11.4 Å². The molecule has 1 aromatic carbocycles. The number of hydrogen-bond acceptors (Lipinski definition) is 4. The minimum absolute atomic E-state index is 0.655. The minimum Gasteiger partial charge on any atom is -0.384 e. The summed E-state index contributed by atoms with van der Waals surface area (Å²) >= 11 is 0. The van der Waals surface area contributed by atoms with Crippen molar-refractivity contribution in [3.05, 3.63) is 30.1 Å². The molecule has 2 heterocycles. The molecule has 1 aliphatic rings. The largest absolute Gasteiger partial charge is 0.384 e. The van der Waals surface area contributed by atoms with Gasteiger partial charge in [-0.2, -0.15) is 5.10 Å². The van der Waals surface area contributed by atoms with E-state index < -0.39 is 0 Å². The summed E-state index contributed by atoms with van der Waals surface area (Å²) < 4.78 is 5.05. The van der Waals surface area contributed by atoms with E-state index in [1.54, 1.807) is 7.11 Å². The molecule has 21 heavy (non-hydrogen) atoms. The third-order valence-electron chi connectivity index (χ3n) is 3.92. The first-order chi connectivity index (χ1) is 10.4. The lowest BCUT2D eigenvalue weighted by Gasteiger charge is -2.28. The maximum absolute atomic E-state index is 5.05. The van der Waals surface area contributed by atoms with Crippen molar-refractivity contribution in [1.29, 1.82) is 0 Å². The Bertz CT molecular complexity index is 558. The highest BCUT2D eigenvalue weighted by molar-refractivity contribution is 5.60. The van der Waals surface area contributed by atoms with Gasteiger partial charge in [0.1, 0.15) is 5.82 Å². The van der Waals surface area contributed by atoms with E-state index in [2.05, 4.69) is 44.3 Å². The minimum atomic E-state index is 0.655. The standard InChI is InChI=1S/C16H22N4O/c1-21-12-9-15-17-16(19-18-15)13-5-7-14(8-6-13)20-10-3-2-4-11-20/h5-8H,2-4,9-12H2,1H3,(H,17,18,19). The second kappa shape index (κ2) is 6.72. The summed E-state index contributed by atoms with van der Waals surface area (Å²) in [6.07, 6.45) is 4.71. The molecule has 5 nitrogen and oxygen atoms in total. The zero-order valence-corrected chi connectivity index (χ0v) is 12.5. The lowest BCUT2D eigenvalue weighted by atomic mass is 10.1. The van der Waals surface area contributed by atoms with E-state index in [4.69, 9.17) is 4.74 Å². The number of rotatable bonds is 5. The van der Waals surface area contributed by atoms with Crippen LogP contribution in [0.1, 0.15) is 25.1 Å². The van der Waals surface area contributed by atoms with Gasteiger partial charge in [0, 0.05) is 37.9 Å². The SMILES string of the molecule is COCCc1nc(-c2ccc(N3CCCCC3)cc2)n[nH]1. The summed E-state index contributed by atoms with van der Waals surface area (Å²) in [7, 11) is 1.69. The molecular formula is C16H22N4O. The molecule has 0 amide bonds. The van der Waals surface area contributed by atoms with Gasteiger partial charge in [-0.3, -0.25) is 5.10 Å². The fraction of sp³-hybridized carbons (Fsp3) is 0.500. The Kier molecular flexibility index (Phi) is 4.50. The molecule has 1 N–H and O–H groups in total. The summed E-state index contributed by atoms with van der Waals surface area (Å²) in [5, 5.41) is 7.24. The van der Waals surface area contributed by atoms with Crippen LogP contribution >= 0.6 is 0 Å². The van der Waals surface area contributed by atoms with Crippen LogP contribution in [0.2, 0.25) is 0 Å². The molecule has 0 radical (unpaired) electrons. The number of benzene rings is 1. The summed E-state index contributed by atoms with van der Waals surface area (Å²) in [6.45, 7) is 2.99. The lowest BCUT2D eigenvalue weighted by molar-refractivity contribution is 0.200. The number of methoxy groups -OCH3 is 1. The number of piperidine rings is 1. The molecule has 112 valence electrons. The highest BCUT2D eigenvalue weighted by atomic mass is 16.5. The molecular weight excluding hydrogens is 264 g/mol. The Morgan fingerprint density at radius 2 is 1.90 bits per heavy atom. The van der Waals surface area contributed by atoms with Crippen molar-refractivity contribution in [1.82, 2.24) is 15.2 Å². The van der Waals surface area contributed by atoms with Gasteiger partial charge in [-0.05, 0) is 43.5 Å². The van der Waals surface area contributed by atoms with Gasteiger partial charge in [0.15, 0.2) is 5.82 Å². The number of H-pyrrole nitrogens is 1. The van der Waals surface area contributed by atoms with Crippen LogP contribution < -0.4 is 4.90 Å². The third-order valence-corrected chi connectivity index (χ3v) is 3.92. The number of ether oxygens (including phenoxy) is 1. The van der Waals surface area contributed by atoms with Gasteiger partial charge in [-0.1, -0.05) is 0 Å². The summed E-state index contributed by atoms with van der Waals surface area (Å²) in [5.41, 5.74) is 2.35.